The summed E-state index contributed by atoms with van der Waals surface area (Å²) in [4.78, 5) is 12.8. The highest BCUT2D eigenvalue weighted by Crippen LogP contribution is 2.18. The second-order valence-corrected chi connectivity index (χ2v) is 6.87. The van der Waals surface area contributed by atoms with Gasteiger partial charge in [0.25, 0.3) is 0 Å². The molecular formula is C21H32N4O2. The van der Waals surface area contributed by atoms with Gasteiger partial charge in [-0.25, -0.2) is 4.79 Å². The molecule has 0 fully saturated rings. The smallest absolute Gasteiger partial charge is 0.329 e. The normalized spacial score (nSPS) is 10.9. The highest BCUT2D eigenvalue weighted by Gasteiger charge is 2.10. The van der Waals surface area contributed by atoms with Crippen LogP contribution in [-0.2, 0) is 22.5 Å². The van der Waals surface area contributed by atoms with Gasteiger partial charge in [-0.05, 0) is 36.6 Å². The van der Waals surface area contributed by atoms with Crippen molar-refractivity contribution in [2.45, 2.75) is 78.2 Å². The van der Waals surface area contributed by atoms with Crippen LogP contribution in [0, 0.1) is 0 Å². The van der Waals surface area contributed by atoms with Crippen molar-refractivity contribution >= 4 is 5.97 Å². The Balaban J connectivity index is 1.78. The van der Waals surface area contributed by atoms with Gasteiger partial charge >= 0.3 is 5.97 Å². The molecule has 0 aliphatic heterocycles. The van der Waals surface area contributed by atoms with E-state index < -0.39 is 0 Å². The molecule has 0 unspecified atom stereocenters. The van der Waals surface area contributed by atoms with Crippen LogP contribution in [0.3, 0.4) is 0 Å². The first-order chi connectivity index (χ1) is 13.2. The van der Waals surface area contributed by atoms with Gasteiger partial charge in [0.05, 0.1) is 6.61 Å². The first-order valence-electron chi connectivity index (χ1n) is 10.3. The summed E-state index contributed by atoms with van der Waals surface area (Å²) in [5, 5.41) is 12.3. The minimum Gasteiger partial charge on any atom is -0.465 e. The van der Waals surface area contributed by atoms with Crippen molar-refractivity contribution in [2.24, 2.45) is 0 Å². The molecule has 2 rings (SSSR count). The van der Waals surface area contributed by atoms with E-state index in [0.717, 1.165) is 12.0 Å². The molecule has 1 heterocycles. The maximum absolute atomic E-state index is 11.5. The highest BCUT2D eigenvalue weighted by atomic mass is 16.5. The van der Waals surface area contributed by atoms with Gasteiger partial charge in [0.2, 0.25) is 5.82 Å². The van der Waals surface area contributed by atoms with Gasteiger partial charge in [0.1, 0.15) is 0 Å². The van der Waals surface area contributed by atoms with Crippen LogP contribution < -0.4 is 0 Å². The molecule has 0 aliphatic carbocycles. The van der Waals surface area contributed by atoms with Gasteiger partial charge in [-0.1, -0.05) is 70.1 Å². The van der Waals surface area contributed by atoms with Crippen LogP contribution >= 0.6 is 0 Å². The Morgan fingerprint density at radius 3 is 2.52 bits per heavy atom. The number of ether oxygens (including phenoxy) is 1. The molecule has 1 aromatic heterocycles. The Hall–Kier alpha value is -2.24. The van der Waals surface area contributed by atoms with Gasteiger partial charge in [0.15, 0.2) is 6.54 Å². The molecule has 6 heteroatoms. The van der Waals surface area contributed by atoms with Crippen molar-refractivity contribution < 1.29 is 9.53 Å². The molecule has 0 saturated heterocycles. The molecule has 0 atom stereocenters. The first kappa shape index (κ1) is 21.1. The summed E-state index contributed by atoms with van der Waals surface area (Å²) in [5.41, 5.74) is 2.22. The van der Waals surface area contributed by atoms with Crippen molar-refractivity contribution in [1.82, 2.24) is 20.2 Å². The van der Waals surface area contributed by atoms with Gasteiger partial charge in [0, 0.05) is 5.56 Å². The van der Waals surface area contributed by atoms with Crippen molar-refractivity contribution in [3.63, 3.8) is 0 Å². The zero-order valence-electron chi connectivity index (χ0n) is 16.7. The monoisotopic (exact) mass is 372 g/mol. The molecule has 0 saturated carbocycles. The van der Waals surface area contributed by atoms with Crippen LogP contribution in [0.25, 0.3) is 11.4 Å². The standard InChI is InChI=1S/C21H32N4O2/c1-3-5-6-7-8-9-10-11-13-18-14-12-15-19(16-18)21-22-24-25(23-21)17-20(26)27-4-2/h12,14-16H,3-11,13,17H2,1-2H3. The number of unbranched alkanes of at least 4 members (excludes halogenated alkanes) is 7. The number of benzene rings is 1. The number of aromatic nitrogens is 4. The topological polar surface area (TPSA) is 69.9 Å². The summed E-state index contributed by atoms with van der Waals surface area (Å²) >= 11 is 0. The summed E-state index contributed by atoms with van der Waals surface area (Å²) in [6.45, 7) is 4.36. The second kappa shape index (κ2) is 12.2. The van der Waals surface area contributed by atoms with E-state index >= 15 is 0 Å². The van der Waals surface area contributed by atoms with E-state index in [1.165, 1.54) is 61.7 Å². The number of hydrogen-bond acceptors (Lipinski definition) is 5. The van der Waals surface area contributed by atoms with E-state index in [2.05, 4.69) is 34.5 Å². The Morgan fingerprint density at radius 1 is 1.04 bits per heavy atom. The SMILES string of the molecule is CCCCCCCCCCc1cccc(-c2nnn(CC(=O)OCC)n2)c1. The predicted molar refractivity (Wildman–Crippen MR) is 106 cm³/mol. The summed E-state index contributed by atoms with van der Waals surface area (Å²) in [6.07, 6.45) is 11.7. The zero-order valence-corrected chi connectivity index (χ0v) is 16.7. The number of rotatable bonds is 13. The first-order valence-corrected chi connectivity index (χ1v) is 10.3. The van der Waals surface area contributed by atoms with E-state index in [9.17, 15) is 4.79 Å². The fraction of sp³-hybridized carbons (Fsp3) is 0.619. The minimum absolute atomic E-state index is 0.0151. The number of carbonyl (C=O) groups is 1. The van der Waals surface area contributed by atoms with E-state index in [1.807, 2.05) is 12.1 Å². The third-order valence-corrected chi connectivity index (χ3v) is 4.53. The predicted octanol–water partition coefficient (Wildman–Crippen LogP) is 4.59. The van der Waals surface area contributed by atoms with Crippen LogP contribution in [0.15, 0.2) is 24.3 Å². The lowest BCUT2D eigenvalue weighted by atomic mass is 10.0. The Morgan fingerprint density at radius 2 is 1.78 bits per heavy atom. The summed E-state index contributed by atoms with van der Waals surface area (Å²) < 4.78 is 4.90. The van der Waals surface area contributed by atoms with Crippen LogP contribution in [0.5, 0.6) is 0 Å². The molecule has 0 bridgehead atoms. The average Bonchev–Trinajstić information content (AvgIpc) is 3.13. The van der Waals surface area contributed by atoms with Gasteiger partial charge in [-0.2, -0.15) is 4.80 Å². The van der Waals surface area contributed by atoms with E-state index in [1.54, 1.807) is 6.92 Å². The summed E-state index contributed by atoms with van der Waals surface area (Å²) in [6, 6.07) is 8.27. The zero-order chi connectivity index (χ0) is 19.3. The lowest BCUT2D eigenvalue weighted by Crippen LogP contribution is -2.15. The third-order valence-electron chi connectivity index (χ3n) is 4.53. The minimum atomic E-state index is -0.357. The molecule has 6 nitrogen and oxygen atoms in total. The Labute approximate surface area is 162 Å². The molecule has 1 aromatic carbocycles. The number of carbonyl (C=O) groups excluding carboxylic acids is 1. The van der Waals surface area contributed by atoms with E-state index in [0.29, 0.717) is 12.4 Å². The van der Waals surface area contributed by atoms with Crippen molar-refractivity contribution in [2.75, 3.05) is 6.61 Å². The average molecular weight is 373 g/mol. The maximum Gasteiger partial charge on any atom is 0.329 e. The fourth-order valence-corrected chi connectivity index (χ4v) is 3.08. The fourth-order valence-electron chi connectivity index (χ4n) is 3.08. The maximum atomic E-state index is 11.5. The highest BCUT2D eigenvalue weighted by molar-refractivity contribution is 5.68. The number of nitrogens with zero attached hydrogens (tertiary/aromatic N) is 4. The van der Waals surface area contributed by atoms with E-state index in [-0.39, 0.29) is 12.5 Å². The lowest BCUT2D eigenvalue weighted by Gasteiger charge is -2.04. The van der Waals surface area contributed by atoms with Gasteiger partial charge in [-0.3, -0.25) is 0 Å². The molecule has 0 aliphatic rings. The van der Waals surface area contributed by atoms with E-state index in [4.69, 9.17) is 4.74 Å². The van der Waals surface area contributed by atoms with Crippen molar-refractivity contribution in [3.8, 4) is 11.4 Å². The summed E-state index contributed by atoms with van der Waals surface area (Å²) in [5.74, 6) is 0.182. The third kappa shape index (κ3) is 7.89. The van der Waals surface area contributed by atoms with Crippen LogP contribution in [0.4, 0.5) is 0 Å². The quantitative estimate of drug-likeness (QED) is 0.380. The number of aryl methyl sites for hydroxylation is 1. The van der Waals surface area contributed by atoms with Crippen LogP contribution in [0.1, 0.15) is 70.8 Å². The van der Waals surface area contributed by atoms with Gasteiger partial charge in [-0.15, -0.1) is 10.2 Å². The summed E-state index contributed by atoms with van der Waals surface area (Å²) in [7, 11) is 0. The molecular weight excluding hydrogens is 340 g/mol. The van der Waals surface area contributed by atoms with Gasteiger partial charge < -0.3 is 4.74 Å². The molecule has 148 valence electrons. The molecule has 0 spiro atoms. The van der Waals surface area contributed by atoms with Crippen LogP contribution in [0.2, 0.25) is 0 Å². The van der Waals surface area contributed by atoms with Crippen LogP contribution in [-0.4, -0.2) is 32.8 Å². The molecule has 0 N–H and O–H groups in total. The lowest BCUT2D eigenvalue weighted by molar-refractivity contribution is -0.144. The Bertz CT molecular complexity index is 684. The molecule has 0 amide bonds. The number of hydrogen-bond donors (Lipinski definition) is 0. The Kier molecular flexibility index (Phi) is 9.52. The van der Waals surface area contributed by atoms with Crippen molar-refractivity contribution in [1.29, 1.82) is 0 Å². The second-order valence-electron chi connectivity index (χ2n) is 6.87. The molecule has 0 radical (unpaired) electrons. The number of tetrazole rings is 1. The largest absolute Gasteiger partial charge is 0.465 e. The number of esters is 1. The van der Waals surface area contributed by atoms with Crippen molar-refractivity contribution in [3.05, 3.63) is 29.8 Å². The molecule has 27 heavy (non-hydrogen) atoms. The molecule has 2 aromatic rings.